The standard InChI is InChI=1S/C15H22N6/c1-12-18-19-14(21(12)4)10-17-15(16-2)20(3)11-13-8-6-5-7-9-13/h5-9H,10-11H2,1-4H3,(H,16,17). The van der Waals surface area contributed by atoms with Gasteiger partial charge >= 0.3 is 0 Å². The van der Waals surface area contributed by atoms with Gasteiger partial charge < -0.3 is 14.8 Å². The first-order valence-corrected chi connectivity index (χ1v) is 6.92. The number of rotatable bonds is 4. The lowest BCUT2D eigenvalue weighted by Crippen LogP contribution is -2.38. The van der Waals surface area contributed by atoms with E-state index in [0.29, 0.717) is 6.54 Å². The second kappa shape index (κ2) is 6.88. The van der Waals surface area contributed by atoms with Gasteiger partial charge in [-0.2, -0.15) is 0 Å². The molecule has 0 aliphatic carbocycles. The minimum absolute atomic E-state index is 0.600. The van der Waals surface area contributed by atoms with E-state index in [1.165, 1.54) is 5.56 Å². The molecule has 1 heterocycles. The maximum atomic E-state index is 4.31. The quantitative estimate of drug-likeness (QED) is 0.680. The van der Waals surface area contributed by atoms with Crippen molar-refractivity contribution < 1.29 is 0 Å². The summed E-state index contributed by atoms with van der Waals surface area (Å²) in [6.45, 7) is 3.34. The van der Waals surface area contributed by atoms with Crippen molar-refractivity contribution in [2.45, 2.75) is 20.0 Å². The maximum Gasteiger partial charge on any atom is 0.194 e. The molecule has 0 saturated heterocycles. The third-order valence-corrected chi connectivity index (χ3v) is 3.42. The molecule has 0 unspecified atom stereocenters. The van der Waals surface area contributed by atoms with Crippen LogP contribution in [-0.2, 0) is 20.1 Å². The average molecular weight is 286 g/mol. The van der Waals surface area contributed by atoms with Crippen LogP contribution in [0.3, 0.4) is 0 Å². The SMILES string of the molecule is CN=C(NCc1nnc(C)n1C)N(C)Cc1ccccc1. The van der Waals surface area contributed by atoms with Crippen molar-refractivity contribution in [3.05, 3.63) is 47.5 Å². The summed E-state index contributed by atoms with van der Waals surface area (Å²) in [5, 5.41) is 11.5. The van der Waals surface area contributed by atoms with E-state index in [1.54, 1.807) is 7.05 Å². The minimum Gasteiger partial charge on any atom is -0.349 e. The first-order valence-electron chi connectivity index (χ1n) is 6.92. The van der Waals surface area contributed by atoms with E-state index >= 15 is 0 Å². The van der Waals surface area contributed by atoms with Crippen molar-refractivity contribution in [3.63, 3.8) is 0 Å². The Morgan fingerprint density at radius 2 is 2.00 bits per heavy atom. The molecule has 0 amide bonds. The molecular formula is C15H22N6. The molecule has 112 valence electrons. The summed E-state index contributed by atoms with van der Waals surface area (Å²) < 4.78 is 1.97. The molecule has 0 fully saturated rings. The van der Waals surface area contributed by atoms with Crippen LogP contribution in [0, 0.1) is 6.92 Å². The van der Waals surface area contributed by atoms with Crippen LogP contribution in [0.4, 0.5) is 0 Å². The van der Waals surface area contributed by atoms with Crippen LogP contribution < -0.4 is 5.32 Å². The number of nitrogens with one attached hydrogen (secondary N) is 1. The number of benzene rings is 1. The molecule has 0 atom stereocenters. The molecule has 0 saturated carbocycles. The van der Waals surface area contributed by atoms with Crippen LogP contribution in [0.2, 0.25) is 0 Å². The Labute approximate surface area is 125 Å². The lowest BCUT2D eigenvalue weighted by atomic mass is 10.2. The molecular weight excluding hydrogens is 264 g/mol. The highest BCUT2D eigenvalue weighted by Crippen LogP contribution is 2.03. The van der Waals surface area contributed by atoms with Crippen LogP contribution in [-0.4, -0.2) is 39.7 Å². The van der Waals surface area contributed by atoms with Crippen LogP contribution in [0.15, 0.2) is 35.3 Å². The lowest BCUT2D eigenvalue weighted by molar-refractivity contribution is 0.474. The molecule has 0 bridgehead atoms. The first-order chi connectivity index (χ1) is 10.1. The van der Waals surface area contributed by atoms with Gasteiger partial charge in [0, 0.05) is 27.7 Å². The predicted octanol–water partition coefficient (Wildman–Crippen LogP) is 1.33. The number of nitrogens with zero attached hydrogens (tertiary/aromatic N) is 5. The molecule has 2 aromatic rings. The highest BCUT2D eigenvalue weighted by molar-refractivity contribution is 5.79. The van der Waals surface area contributed by atoms with Crippen LogP contribution in [0.25, 0.3) is 0 Å². The summed E-state index contributed by atoms with van der Waals surface area (Å²) in [5.74, 6) is 2.63. The Bertz CT molecular complexity index is 602. The van der Waals surface area contributed by atoms with Gasteiger partial charge in [-0.25, -0.2) is 0 Å². The third-order valence-electron chi connectivity index (χ3n) is 3.42. The second-order valence-electron chi connectivity index (χ2n) is 4.96. The van der Waals surface area contributed by atoms with E-state index in [4.69, 9.17) is 0 Å². The molecule has 1 aromatic heterocycles. The number of hydrogen-bond donors (Lipinski definition) is 1. The van der Waals surface area contributed by atoms with Crippen molar-refractivity contribution in [2.24, 2.45) is 12.0 Å². The molecule has 2 rings (SSSR count). The molecule has 0 aliphatic heterocycles. The highest BCUT2D eigenvalue weighted by Gasteiger charge is 2.09. The van der Waals surface area contributed by atoms with E-state index in [2.05, 4.69) is 37.5 Å². The van der Waals surface area contributed by atoms with Gasteiger partial charge in [-0.1, -0.05) is 30.3 Å². The molecule has 0 radical (unpaired) electrons. The zero-order valence-corrected chi connectivity index (χ0v) is 13.0. The van der Waals surface area contributed by atoms with E-state index in [9.17, 15) is 0 Å². The van der Waals surface area contributed by atoms with Gasteiger partial charge in [0.05, 0.1) is 6.54 Å². The predicted molar refractivity (Wildman–Crippen MR) is 83.8 cm³/mol. The topological polar surface area (TPSA) is 58.3 Å². The second-order valence-corrected chi connectivity index (χ2v) is 4.96. The Kier molecular flexibility index (Phi) is 4.92. The average Bonchev–Trinajstić information content (AvgIpc) is 2.81. The fourth-order valence-electron chi connectivity index (χ4n) is 2.08. The zero-order chi connectivity index (χ0) is 15.2. The van der Waals surface area contributed by atoms with E-state index in [-0.39, 0.29) is 0 Å². The van der Waals surface area contributed by atoms with Gasteiger partial charge in [0.2, 0.25) is 0 Å². The maximum absolute atomic E-state index is 4.31. The molecule has 1 aromatic carbocycles. The Balaban J connectivity index is 1.95. The smallest absolute Gasteiger partial charge is 0.194 e. The van der Waals surface area contributed by atoms with E-state index in [0.717, 1.165) is 24.2 Å². The Hall–Kier alpha value is -2.37. The zero-order valence-electron chi connectivity index (χ0n) is 13.0. The molecule has 0 aliphatic rings. The Morgan fingerprint density at radius 1 is 1.29 bits per heavy atom. The lowest BCUT2D eigenvalue weighted by Gasteiger charge is -2.22. The fraction of sp³-hybridized carbons (Fsp3) is 0.400. The third kappa shape index (κ3) is 3.81. The van der Waals surface area contributed by atoms with Crippen molar-refractivity contribution in [2.75, 3.05) is 14.1 Å². The van der Waals surface area contributed by atoms with Gasteiger partial charge in [-0.3, -0.25) is 4.99 Å². The van der Waals surface area contributed by atoms with Gasteiger partial charge in [-0.05, 0) is 12.5 Å². The summed E-state index contributed by atoms with van der Waals surface area (Å²) >= 11 is 0. The van der Waals surface area contributed by atoms with Gasteiger partial charge in [0.15, 0.2) is 11.8 Å². The molecule has 6 nitrogen and oxygen atoms in total. The van der Waals surface area contributed by atoms with Crippen molar-refractivity contribution >= 4 is 5.96 Å². The Morgan fingerprint density at radius 3 is 2.57 bits per heavy atom. The number of aryl methyl sites for hydroxylation is 1. The van der Waals surface area contributed by atoms with Gasteiger partial charge in [-0.15, -0.1) is 10.2 Å². The summed E-state index contributed by atoms with van der Waals surface area (Å²) in [7, 11) is 5.76. The number of guanidine groups is 1. The number of aliphatic imine (C=N–C) groups is 1. The molecule has 6 heteroatoms. The van der Waals surface area contributed by atoms with E-state index in [1.807, 2.05) is 43.8 Å². The van der Waals surface area contributed by atoms with Crippen LogP contribution in [0.5, 0.6) is 0 Å². The largest absolute Gasteiger partial charge is 0.349 e. The van der Waals surface area contributed by atoms with E-state index < -0.39 is 0 Å². The summed E-state index contributed by atoms with van der Waals surface area (Å²) in [6, 6.07) is 10.3. The fourth-order valence-corrected chi connectivity index (χ4v) is 2.08. The van der Waals surface area contributed by atoms with Crippen LogP contribution >= 0.6 is 0 Å². The summed E-state index contributed by atoms with van der Waals surface area (Å²) in [5.41, 5.74) is 1.25. The van der Waals surface area contributed by atoms with Crippen LogP contribution in [0.1, 0.15) is 17.2 Å². The first kappa shape index (κ1) is 15.0. The summed E-state index contributed by atoms with van der Waals surface area (Å²) in [6.07, 6.45) is 0. The minimum atomic E-state index is 0.600. The van der Waals surface area contributed by atoms with Gasteiger partial charge in [0.25, 0.3) is 0 Å². The number of aromatic nitrogens is 3. The molecule has 1 N–H and O–H groups in total. The van der Waals surface area contributed by atoms with Crippen molar-refractivity contribution in [3.8, 4) is 0 Å². The molecule has 0 spiro atoms. The summed E-state index contributed by atoms with van der Waals surface area (Å²) in [4.78, 5) is 6.39. The monoisotopic (exact) mass is 286 g/mol. The normalized spacial score (nSPS) is 11.5. The number of hydrogen-bond acceptors (Lipinski definition) is 3. The highest BCUT2D eigenvalue weighted by atomic mass is 15.3. The van der Waals surface area contributed by atoms with Crippen molar-refractivity contribution in [1.29, 1.82) is 0 Å². The van der Waals surface area contributed by atoms with Crippen molar-refractivity contribution in [1.82, 2.24) is 25.0 Å². The molecule has 21 heavy (non-hydrogen) atoms. The van der Waals surface area contributed by atoms with Gasteiger partial charge in [0.1, 0.15) is 5.82 Å².